The molecule has 1 saturated heterocycles. The molecule has 0 saturated carbocycles. The summed E-state index contributed by atoms with van der Waals surface area (Å²) in [7, 11) is 0. The minimum Gasteiger partial charge on any atom is -0.507 e. The summed E-state index contributed by atoms with van der Waals surface area (Å²) in [5.41, 5.74) is 0. The first-order chi connectivity index (χ1) is 12.1. The predicted octanol–water partition coefficient (Wildman–Crippen LogP) is 4.80. The molecule has 0 aromatic heterocycles. The number of benzene rings is 3. The molecule has 1 fully saturated rings. The number of halogens is 2. The Bertz CT molecular complexity index is 938. The minimum atomic E-state index is 0.165. The normalized spacial score (nSPS) is 16.5. The highest BCUT2D eigenvalue weighted by Crippen LogP contribution is 2.43. The third kappa shape index (κ3) is 3.48. The van der Waals surface area contributed by atoms with Crippen molar-refractivity contribution in [3.8, 4) is 11.5 Å². The Labute approximate surface area is 154 Å². The van der Waals surface area contributed by atoms with Gasteiger partial charge in [0.05, 0.1) is 19.8 Å². The van der Waals surface area contributed by atoms with Gasteiger partial charge in [-0.25, -0.2) is 0 Å². The van der Waals surface area contributed by atoms with Crippen LogP contribution in [-0.2, 0) is 9.47 Å². The third-order valence-corrected chi connectivity index (χ3v) is 4.61. The summed E-state index contributed by atoms with van der Waals surface area (Å²) < 4.78 is 16.6. The Morgan fingerprint density at radius 3 is 2.36 bits per heavy atom. The highest BCUT2D eigenvalue weighted by Gasteiger charge is 2.22. The number of rotatable bonds is 6. The van der Waals surface area contributed by atoms with Crippen molar-refractivity contribution in [2.75, 3.05) is 26.4 Å². The first-order valence-corrected chi connectivity index (χ1v) is 8.74. The lowest BCUT2D eigenvalue weighted by atomic mass is 10.0. The summed E-state index contributed by atoms with van der Waals surface area (Å²) in [6, 6.07) is 10.6. The van der Waals surface area contributed by atoms with Crippen LogP contribution in [0, 0.1) is 0 Å². The first kappa shape index (κ1) is 16.7. The topological polar surface area (TPSA) is 51.2 Å². The lowest BCUT2D eigenvalue weighted by Gasteiger charge is -2.15. The van der Waals surface area contributed by atoms with Crippen molar-refractivity contribution in [3.05, 3.63) is 46.4 Å². The molecule has 0 radical (unpaired) electrons. The van der Waals surface area contributed by atoms with Crippen LogP contribution >= 0.6 is 23.2 Å². The second-order valence-corrected chi connectivity index (χ2v) is 6.81. The molecule has 1 unspecified atom stereocenters. The van der Waals surface area contributed by atoms with Gasteiger partial charge in [0.1, 0.15) is 24.2 Å². The third-order valence-electron chi connectivity index (χ3n) is 4.14. The van der Waals surface area contributed by atoms with Crippen LogP contribution in [0.5, 0.6) is 11.5 Å². The molecular formula is C19H16Cl2O4. The van der Waals surface area contributed by atoms with E-state index in [1.807, 2.05) is 6.07 Å². The van der Waals surface area contributed by atoms with Gasteiger partial charge < -0.3 is 19.3 Å². The van der Waals surface area contributed by atoms with E-state index in [9.17, 15) is 5.11 Å². The standard InChI is InChI=1S/C19H16Cl2O4/c20-11-2-4-15-16(7-11)18(22)14-3-1-12(21)8-17(14)19(15)24-6-5-23-9-13-10-25-13/h1-4,7-8,13,22H,5-6,9-10H2. The van der Waals surface area contributed by atoms with Crippen LogP contribution in [0.15, 0.2) is 36.4 Å². The maximum absolute atomic E-state index is 10.6. The van der Waals surface area contributed by atoms with Crippen LogP contribution in [0.1, 0.15) is 0 Å². The van der Waals surface area contributed by atoms with Crippen LogP contribution in [0.3, 0.4) is 0 Å². The Kier molecular flexibility index (Phi) is 4.61. The largest absolute Gasteiger partial charge is 0.507 e. The monoisotopic (exact) mass is 378 g/mol. The van der Waals surface area contributed by atoms with Crippen LogP contribution in [0.4, 0.5) is 0 Å². The van der Waals surface area contributed by atoms with Crippen molar-refractivity contribution in [2.24, 2.45) is 0 Å². The fourth-order valence-corrected chi connectivity index (χ4v) is 3.19. The van der Waals surface area contributed by atoms with Crippen molar-refractivity contribution in [2.45, 2.75) is 6.10 Å². The van der Waals surface area contributed by atoms with E-state index in [0.29, 0.717) is 46.4 Å². The SMILES string of the molecule is Oc1c2cc(Cl)ccc2c(OCCOCC2CO2)c2cc(Cl)ccc12. The van der Waals surface area contributed by atoms with Gasteiger partial charge in [0.25, 0.3) is 0 Å². The molecule has 1 N–H and O–H groups in total. The van der Waals surface area contributed by atoms with Crippen LogP contribution < -0.4 is 4.74 Å². The average Bonchev–Trinajstić information content (AvgIpc) is 3.41. The van der Waals surface area contributed by atoms with Crippen LogP contribution in [0.25, 0.3) is 21.5 Å². The summed E-state index contributed by atoms with van der Waals surface area (Å²) in [5.74, 6) is 0.826. The number of aromatic hydroxyl groups is 1. The van der Waals surface area contributed by atoms with Crippen molar-refractivity contribution < 1.29 is 19.3 Å². The lowest BCUT2D eigenvalue weighted by molar-refractivity contribution is 0.0887. The molecule has 1 heterocycles. The molecule has 6 heteroatoms. The van der Waals surface area contributed by atoms with E-state index < -0.39 is 0 Å². The molecule has 0 bridgehead atoms. The number of hydrogen-bond donors (Lipinski definition) is 1. The fourth-order valence-electron chi connectivity index (χ4n) is 2.85. The molecule has 4 nitrogen and oxygen atoms in total. The van der Waals surface area contributed by atoms with Gasteiger partial charge in [0, 0.05) is 31.6 Å². The summed E-state index contributed by atoms with van der Waals surface area (Å²) in [6.07, 6.45) is 0.233. The van der Waals surface area contributed by atoms with Crippen molar-refractivity contribution in [1.82, 2.24) is 0 Å². The number of hydrogen-bond acceptors (Lipinski definition) is 4. The fraction of sp³-hybridized carbons (Fsp3) is 0.263. The molecule has 0 aliphatic carbocycles. The number of fused-ring (bicyclic) bond motifs is 2. The molecule has 1 aliphatic heterocycles. The predicted molar refractivity (Wildman–Crippen MR) is 99.2 cm³/mol. The molecule has 25 heavy (non-hydrogen) atoms. The molecule has 0 spiro atoms. The Balaban J connectivity index is 1.72. The van der Waals surface area contributed by atoms with Crippen molar-refractivity contribution in [3.63, 3.8) is 0 Å². The minimum absolute atomic E-state index is 0.165. The second-order valence-electron chi connectivity index (χ2n) is 5.94. The Morgan fingerprint density at radius 1 is 0.960 bits per heavy atom. The molecule has 3 aromatic rings. The van der Waals surface area contributed by atoms with Crippen molar-refractivity contribution >= 4 is 44.7 Å². The molecular weight excluding hydrogens is 363 g/mol. The first-order valence-electron chi connectivity index (χ1n) is 7.99. The zero-order chi connectivity index (χ0) is 17.4. The van der Waals surface area contributed by atoms with E-state index in [2.05, 4.69) is 0 Å². The zero-order valence-corrected chi connectivity index (χ0v) is 14.8. The quantitative estimate of drug-likeness (QED) is 0.380. The smallest absolute Gasteiger partial charge is 0.135 e. The van der Waals surface area contributed by atoms with Crippen molar-refractivity contribution in [1.29, 1.82) is 0 Å². The summed E-state index contributed by atoms with van der Waals surface area (Å²) in [4.78, 5) is 0. The summed E-state index contributed by atoms with van der Waals surface area (Å²) in [5, 5.41) is 14.6. The van der Waals surface area contributed by atoms with Gasteiger partial charge >= 0.3 is 0 Å². The highest BCUT2D eigenvalue weighted by atomic mass is 35.5. The highest BCUT2D eigenvalue weighted by molar-refractivity contribution is 6.32. The Hall–Kier alpha value is -1.72. The number of epoxide rings is 1. The summed E-state index contributed by atoms with van der Waals surface area (Å²) >= 11 is 12.2. The van der Waals surface area contributed by atoms with Crippen LogP contribution in [0.2, 0.25) is 10.0 Å². The molecule has 4 rings (SSSR count). The van der Waals surface area contributed by atoms with Gasteiger partial charge in [-0.3, -0.25) is 0 Å². The van der Waals surface area contributed by atoms with Gasteiger partial charge in [0.2, 0.25) is 0 Å². The maximum atomic E-state index is 10.6. The van der Waals surface area contributed by atoms with E-state index in [4.69, 9.17) is 37.4 Å². The van der Waals surface area contributed by atoms with E-state index >= 15 is 0 Å². The van der Waals surface area contributed by atoms with E-state index in [1.165, 1.54) is 0 Å². The number of ether oxygens (including phenoxy) is 3. The molecule has 0 amide bonds. The van der Waals surface area contributed by atoms with Gasteiger partial charge in [-0.2, -0.15) is 0 Å². The molecule has 1 atom stereocenters. The average molecular weight is 379 g/mol. The van der Waals surface area contributed by atoms with Gasteiger partial charge in [0.15, 0.2) is 0 Å². The van der Waals surface area contributed by atoms with Gasteiger partial charge in [-0.15, -0.1) is 0 Å². The van der Waals surface area contributed by atoms with E-state index in [1.54, 1.807) is 30.3 Å². The maximum Gasteiger partial charge on any atom is 0.135 e. The van der Waals surface area contributed by atoms with E-state index in [0.717, 1.165) is 17.4 Å². The second kappa shape index (κ2) is 6.89. The molecule has 1 aliphatic rings. The van der Waals surface area contributed by atoms with E-state index in [-0.39, 0.29) is 11.9 Å². The number of phenolic OH excluding ortho intramolecular Hbond substituents is 1. The molecule has 3 aromatic carbocycles. The number of phenols is 1. The van der Waals surface area contributed by atoms with Crippen LogP contribution in [-0.4, -0.2) is 37.6 Å². The van der Waals surface area contributed by atoms with Gasteiger partial charge in [-0.1, -0.05) is 23.2 Å². The van der Waals surface area contributed by atoms with Gasteiger partial charge in [-0.05, 0) is 36.4 Å². The Morgan fingerprint density at radius 2 is 1.64 bits per heavy atom. The lowest BCUT2D eigenvalue weighted by Crippen LogP contribution is -2.10. The summed E-state index contributed by atoms with van der Waals surface area (Å²) in [6.45, 7) is 2.20. The zero-order valence-electron chi connectivity index (χ0n) is 13.3. The molecule has 130 valence electrons.